The molecule has 5 rings (SSSR count). The number of nitrogens with zero attached hydrogens (tertiary/aromatic N) is 7. The number of hydrazine groups is 1. The quantitative estimate of drug-likeness (QED) is 0.269. The molecule has 2 atom stereocenters. The van der Waals surface area contributed by atoms with Crippen LogP contribution in [0.3, 0.4) is 0 Å². The number of nitrogens with two attached hydrogens (primary N) is 1. The van der Waals surface area contributed by atoms with Crippen molar-refractivity contribution in [1.29, 1.82) is 5.26 Å². The first-order valence-corrected chi connectivity index (χ1v) is 15.5. The fourth-order valence-electron chi connectivity index (χ4n) is 5.66. The molecule has 2 aliphatic rings. The van der Waals surface area contributed by atoms with Gasteiger partial charge in [0.25, 0.3) is 0 Å². The molecule has 0 saturated carbocycles. The van der Waals surface area contributed by atoms with Crippen molar-refractivity contribution in [2.24, 2.45) is 0 Å². The summed E-state index contributed by atoms with van der Waals surface area (Å²) in [6.45, 7) is 0.950. The molecule has 0 aliphatic carbocycles. The molecule has 2 saturated heterocycles. The molecule has 0 spiro atoms. The van der Waals surface area contributed by atoms with Crippen LogP contribution in [0, 0.1) is 11.3 Å². The van der Waals surface area contributed by atoms with Crippen molar-refractivity contribution in [2.75, 3.05) is 59.6 Å². The first kappa shape index (κ1) is 32.4. The maximum Gasteiger partial charge on any atom is 0.412 e. The summed E-state index contributed by atoms with van der Waals surface area (Å²) in [4.78, 5) is 62.2. The lowest BCUT2D eigenvalue weighted by atomic mass is 9.99. The average molecular weight is 649 g/mol. The summed E-state index contributed by atoms with van der Waals surface area (Å²) in [7, 11) is 5.25. The van der Waals surface area contributed by atoms with E-state index >= 15 is 0 Å². The van der Waals surface area contributed by atoms with Gasteiger partial charge in [0.05, 0.1) is 29.4 Å². The van der Waals surface area contributed by atoms with E-state index in [4.69, 9.17) is 10.5 Å². The lowest BCUT2D eigenvalue weighted by molar-refractivity contribution is -0.157. The predicted molar refractivity (Wildman–Crippen MR) is 170 cm³/mol. The summed E-state index contributed by atoms with van der Waals surface area (Å²) in [6, 6.07) is 13.0. The Morgan fingerprint density at radius 1 is 1.20 bits per heavy atom. The predicted octanol–water partition coefficient (Wildman–Crippen LogP) is 1.03. The van der Waals surface area contributed by atoms with Gasteiger partial charge in [-0.25, -0.2) is 19.6 Å². The highest BCUT2D eigenvalue weighted by Gasteiger charge is 2.52. The number of carbonyl (C=O) groups excluding carboxylic acids is 4. The van der Waals surface area contributed by atoms with Gasteiger partial charge in [0, 0.05) is 33.1 Å². The fraction of sp³-hybridized carbons (Fsp3) is 0.400. The van der Waals surface area contributed by atoms with Crippen molar-refractivity contribution in [3.63, 3.8) is 0 Å². The van der Waals surface area contributed by atoms with Gasteiger partial charge in [-0.05, 0) is 43.4 Å². The first-order chi connectivity index (χ1) is 22.1. The third kappa shape index (κ3) is 6.96. The van der Waals surface area contributed by atoms with E-state index < -0.39 is 24.3 Å². The molecule has 0 radical (unpaired) electrons. The van der Waals surface area contributed by atoms with E-state index in [0.717, 1.165) is 15.8 Å². The van der Waals surface area contributed by atoms with Crippen LogP contribution in [-0.4, -0.2) is 120 Å². The second kappa shape index (κ2) is 14.0. The zero-order chi connectivity index (χ0) is 33.0. The summed E-state index contributed by atoms with van der Waals surface area (Å²) >= 11 is 1.36. The number of hydrogen-bond donors (Lipinski definition) is 3. The third-order valence-corrected chi connectivity index (χ3v) is 8.67. The number of hydrogen-bond acceptors (Lipinski definition) is 11. The SMILES string of the molecule is CNC(=O)N(CC#N)N1CC(=O)N2[C@@H](Cc3ccc(OC(=O)NCCN(C)C)cc3)C(=O)N(Cc3cccc4sc(N)nc34)C[C@@H]21. The lowest BCUT2D eigenvalue weighted by Crippen LogP contribution is -2.66. The zero-order valence-electron chi connectivity index (χ0n) is 25.8. The Bertz CT molecular complexity index is 1660. The molecule has 4 N–H and O–H groups in total. The van der Waals surface area contributed by atoms with E-state index in [2.05, 4.69) is 15.6 Å². The normalized spacial score (nSPS) is 18.1. The van der Waals surface area contributed by atoms with Crippen LogP contribution >= 0.6 is 11.3 Å². The highest BCUT2D eigenvalue weighted by molar-refractivity contribution is 7.22. The molecule has 16 heteroatoms. The van der Waals surface area contributed by atoms with Crippen LogP contribution in [-0.2, 0) is 22.6 Å². The number of rotatable bonds is 10. The largest absolute Gasteiger partial charge is 0.412 e. The first-order valence-electron chi connectivity index (χ1n) is 14.7. The zero-order valence-corrected chi connectivity index (χ0v) is 26.6. The van der Waals surface area contributed by atoms with Gasteiger partial charge in [-0.1, -0.05) is 35.6 Å². The van der Waals surface area contributed by atoms with E-state index in [0.29, 0.717) is 29.5 Å². The number of anilines is 1. The minimum Gasteiger partial charge on any atom is -0.410 e. The summed E-state index contributed by atoms with van der Waals surface area (Å²) in [5, 5.41) is 17.8. The molecule has 2 aliphatic heterocycles. The molecule has 5 amide bonds. The Morgan fingerprint density at radius 2 is 1.96 bits per heavy atom. The highest BCUT2D eigenvalue weighted by Crippen LogP contribution is 2.32. The van der Waals surface area contributed by atoms with Gasteiger partial charge in [-0.2, -0.15) is 10.3 Å². The maximum absolute atomic E-state index is 14.2. The van der Waals surface area contributed by atoms with E-state index in [1.807, 2.05) is 43.3 Å². The maximum atomic E-state index is 14.2. The second-order valence-electron chi connectivity index (χ2n) is 11.2. The molecule has 15 nitrogen and oxygen atoms in total. The molecule has 3 aromatic rings. The molecular weight excluding hydrogens is 612 g/mol. The van der Waals surface area contributed by atoms with Gasteiger partial charge in [-0.15, -0.1) is 0 Å². The molecule has 242 valence electrons. The number of urea groups is 1. The molecular formula is C30H36N10O5S. The van der Waals surface area contributed by atoms with E-state index in [1.165, 1.54) is 28.3 Å². The molecule has 2 aromatic carbocycles. The van der Waals surface area contributed by atoms with Crippen LogP contribution < -0.4 is 21.1 Å². The van der Waals surface area contributed by atoms with E-state index in [-0.39, 0.29) is 44.4 Å². The number of amides is 5. The van der Waals surface area contributed by atoms with Crippen LogP contribution in [0.5, 0.6) is 5.75 Å². The van der Waals surface area contributed by atoms with Crippen molar-refractivity contribution in [3.8, 4) is 11.8 Å². The van der Waals surface area contributed by atoms with Gasteiger partial charge < -0.3 is 35.8 Å². The fourth-order valence-corrected chi connectivity index (χ4v) is 6.45. The van der Waals surface area contributed by atoms with Gasteiger partial charge in [0.15, 0.2) is 5.13 Å². The van der Waals surface area contributed by atoms with Gasteiger partial charge >= 0.3 is 12.1 Å². The monoisotopic (exact) mass is 648 g/mol. The number of carbonyl (C=O) groups is 4. The molecule has 0 bridgehead atoms. The summed E-state index contributed by atoms with van der Waals surface area (Å²) < 4.78 is 6.26. The number of thiazole rings is 1. The van der Waals surface area contributed by atoms with E-state index in [9.17, 15) is 24.4 Å². The highest BCUT2D eigenvalue weighted by atomic mass is 32.1. The number of nitriles is 1. The Kier molecular flexibility index (Phi) is 9.85. The third-order valence-electron chi connectivity index (χ3n) is 7.82. The van der Waals surface area contributed by atoms with Crippen LogP contribution in [0.1, 0.15) is 11.1 Å². The molecule has 3 heterocycles. The van der Waals surface area contributed by atoms with Crippen LogP contribution in [0.2, 0.25) is 0 Å². The van der Waals surface area contributed by atoms with Crippen molar-refractivity contribution in [3.05, 3.63) is 53.6 Å². The number of nitrogens with one attached hydrogen (secondary N) is 2. The number of ether oxygens (including phenoxy) is 1. The van der Waals surface area contributed by atoms with Crippen LogP contribution in [0.4, 0.5) is 14.7 Å². The number of aromatic nitrogens is 1. The molecule has 46 heavy (non-hydrogen) atoms. The van der Waals surface area contributed by atoms with Crippen molar-refractivity contribution in [1.82, 2.24) is 40.3 Å². The topological polar surface area (TPSA) is 180 Å². The number of para-hydroxylation sites is 1. The molecule has 0 unspecified atom stereocenters. The number of nitrogen functional groups attached to an aromatic ring is 1. The lowest BCUT2D eigenvalue weighted by Gasteiger charge is -2.46. The van der Waals surface area contributed by atoms with Gasteiger partial charge in [0.1, 0.15) is 24.5 Å². The number of fused-ring (bicyclic) bond motifs is 2. The Labute approximate surface area is 270 Å². The summed E-state index contributed by atoms with van der Waals surface area (Å²) in [5.74, 6) is -0.269. The molecule has 2 fully saturated rings. The minimum atomic E-state index is -0.898. The second-order valence-corrected chi connectivity index (χ2v) is 12.2. The minimum absolute atomic E-state index is 0.103. The Hall–Kier alpha value is -4.98. The number of likely N-dealkylation sites (N-methyl/N-ethyl adjacent to an activating group) is 1. The Balaban J connectivity index is 1.41. The standard InChI is InChI=1S/C30H36N10O5S/c1-33-29(43)38(13-11-31)39-18-25(41)40-22(15-19-7-9-21(10-8-19)45-30(44)34-12-14-36(2)3)27(42)37(17-24(39)40)16-20-5-4-6-23-26(20)35-28(32)46-23/h4-10,22,24H,12-18H2,1-3H3,(H2,32,35)(H,33,43)(H,34,44)/t22-,24+/m0/s1. The van der Waals surface area contributed by atoms with Crippen LogP contribution in [0.15, 0.2) is 42.5 Å². The van der Waals surface area contributed by atoms with Crippen molar-refractivity contribution >= 4 is 50.6 Å². The summed E-state index contributed by atoms with van der Waals surface area (Å²) in [6.07, 6.45) is -1.10. The van der Waals surface area contributed by atoms with Crippen molar-refractivity contribution < 1.29 is 23.9 Å². The number of benzene rings is 2. The summed E-state index contributed by atoms with van der Waals surface area (Å²) in [5.41, 5.74) is 8.22. The van der Waals surface area contributed by atoms with E-state index in [1.54, 1.807) is 34.2 Å². The average Bonchev–Trinajstić information content (AvgIpc) is 3.57. The van der Waals surface area contributed by atoms with Gasteiger partial charge in [-0.3, -0.25) is 9.59 Å². The Morgan fingerprint density at radius 3 is 2.65 bits per heavy atom. The van der Waals surface area contributed by atoms with Crippen LogP contribution in [0.25, 0.3) is 10.2 Å². The van der Waals surface area contributed by atoms with Gasteiger partial charge in [0.2, 0.25) is 11.8 Å². The van der Waals surface area contributed by atoms with Crippen molar-refractivity contribution in [2.45, 2.75) is 25.2 Å². The smallest absolute Gasteiger partial charge is 0.410 e. The number of piperazine rings is 1. The molecule has 1 aromatic heterocycles.